The highest BCUT2D eigenvalue weighted by molar-refractivity contribution is 8.04. The Kier molecular flexibility index (Phi) is 7.65. The van der Waals surface area contributed by atoms with E-state index in [1.165, 1.54) is 28.5 Å². The lowest BCUT2D eigenvalue weighted by molar-refractivity contribution is -0.138. The standard InChI is InChI=1S/C31H27N3O4S/c1-20(2)21-10-12-23(13-11-21)32-27-28(31(37)34(30(27)36)19-25-9-6-18-38-25)39-26-16-14-24(15-17-26)33-29(35)22-7-4-3-5-8-22/h3-18,20,32H,19H2,1-2H3,(H,33,35). The SMILES string of the molecule is CC(C)c1ccc(NC2=C(Sc3ccc(NC(=O)c4ccccc4)cc3)C(=O)N(Cc3ccco3)C2=O)cc1. The molecule has 7 nitrogen and oxygen atoms in total. The van der Waals surface area contributed by atoms with E-state index in [9.17, 15) is 14.4 Å². The summed E-state index contributed by atoms with van der Waals surface area (Å²) in [4.78, 5) is 41.6. The zero-order valence-corrected chi connectivity index (χ0v) is 22.3. The largest absolute Gasteiger partial charge is 0.467 e. The quantitative estimate of drug-likeness (QED) is 0.233. The van der Waals surface area contributed by atoms with Crippen LogP contribution in [-0.2, 0) is 16.1 Å². The van der Waals surface area contributed by atoms with Gasteiger partial charge in [0.15, 0.2) is 0 Å². The lowest BCUT2D eigenvalue weighted by Gasteiger charge is -2.14. The molecule has 0 saturated heterocycles. The van der Waals surface area contributed by atoms with Gasteiger partial charge < -0.3 is 15.1 Å². The van der Waals surface area contributed by atoms with Gasteiger partial charge in [0.05, 0.1) is 12.8 Å². The fraction of sp³-hybridized carbons (Fsp3) is 0.129. The summed E-state index contributed by atoms with van der Waals surface area (Å²) in [6, 6.07) is 27.4. The Labute approximate surface area is 230 Å². The molecule has 1 aliphatic rings. The Morgan fingerprint density at radius 3 is 2.18 bits per heavy atom. The molecule has 1 aromatic heterocycles. The highest BCUT2D eigenvalue weighted by atomic mass is 32.2. The number of benzene rings is 3. The Hall–Kier alpha value is -4.56. The van der Waals surface area contributed by atoms with E-state index >= 15 is 0 Å². The van der Waals surface area contributed by atoms with Crippen LogP contribution in [0.3, 0.4) is 0 Å². The molecule has 3 aromatic carbocycles. The van der Waals surface area contributed by atoms with Crippen molar-refractivity contribution >= 4 is 40.9 Å². The molecule has 1 aliphatic heterocycles. The minimum Gasteiger partial charge on any atom is -0.467 e. The van der Waals surface area contributed by atoms with Crippen LogP contribution in [0.25, 0.3) is 0 Å². The smallest absolute Gasteiger partial charge is 0.278 e. The number of rotatable bonds is 9. The molecule has 4 aromatic rings. The minimum absolute atomic E-state index is 0.0383. The molecule has 2 N–H and O–H groups in total. The number of hydrogen-bond donors (Lipinski definition) is 2. The van der Waals surface area contributed by atoms with Gasteiger partial charge in [-0.2, -0.15) is 0 Å². The van der Waals surface area contributed by atoms with Gasteiger partial charge in [0.1, 0.15) is 16.4 Å². The summed E-state index contributed by atoms with van der Waals surface area (Å²) in [5.41, 5.74) is 3.30. The average Bonchev–Trinajstić information content (AvgIpc) is 3.54. The third-order valence-electron chi connectivity index (χ3n) is 6.23. The lowest BCUT2D eigenvalue weighted by atomic mass is 10.0. The molecule has 0 atom stereocenters. The summed E-state index contributed by atoms with van der Waals surface area (Å²) < 4.78 is 5.39. The number of hydrogen-bond acceptors (Lipinski definition) is 6. The van der Waals surface area contributed by atoms with Gasteiger partial charge in [0.2, 0.25) is 0 Å². The fourth-order valence-electron chi connectivity index (χ4n) is 4.07. The summed E-state index contributed by atoms with van der Waals surface area (Å²) >= 11 is 1.20. The van der Waals surface area contributed by atoms with E-state index in [-0.39, 0.29) is 18.1 Å². The molecular weight excluding hydrogens is 510 g/mol. The second-order valence-corrected chi connectivity index (χ2v) is 10.4. The molecule has 0 bridgehead atoms. The van der Waals surface area contributed by atoms with Crippen LogP contribution in [-0.4, -0.2) is 22.6 Å². The van der Waals surface area contributed by atoms with Crippen molar-refractivity contribution < 1.29 is 18.8 Å². The third kappa shape index (κ3) is 5.97. The topological polar surface area (TPSA) is 91.7 Å². The summed E-state index contributed by atoms with van der Waals surface area (Å²) in [5.74, 6) is -0.132. The first-order valence-corrected chi connectivity index (χ1v) is 13.3. The van der Waals surface area contributed by atoms with Crippen molar-refractivity contribution in [2.75, 3.05) is 10.6 Å². The van der Waals surface area contributed by atoms with Crippen molar-refractivity contribution in [1.29, 1.82) is 0 Å². The molecule has 39 heavy (non-hydrogen) atoms. The van der Waals surface area contributed by atoms with Crippen molar-refractivity contribution in [2.45, 2.75) is 31.2 Å². The molecule has 0 aliphatic carbocycles. The van der Waals surface area contributed by atoms with E-state index < -0.39 is 11.8 Å². The van der Waals surface area contributed by atoms with Gasteiger partial charge >= 0.3 is 0 Å². The van der Waals surface area contributed by atoms with Gasteiger partial charge in [-0.1, -0.05) is 55.9 Å². The zero-order valence-electron chi connectivity index (χ0n) is 21.5. The van der Waals surface area contributed by atoms with E-state index in [1.807, 2.05) is 42.5 Å². The van der Waals surface area contributed by atoms with Gasteiger partial charge in [-0.05, 0) is 72.1 Å². The van der Waals surface area contributed by atoms with Crippen LogP contribution in [0.5, 0.6) is 0 Å². The summed E-state index contributed by atoms with van der Waals surface area (Å²) in [6.45, 7) is 4.27. The number of thioether (sulfide) groups is 1. The summed E-state index contributed by atoms with van der Waals surface area (Å²) in [6.07, 6.45) is 1.51. The van der Waals surface area contributed by atoms with Crippen LogP contribution in [0, 0.1) is 0 Å². The Balaban J connectivity index is 1.37. The van der Waals surface area contributed by atoms with E-state index in [2.05, 4.69) is 24.5 Å². The maximum absolute atomic E-state index is 13.4. The Morgan fingerprint density at radius 1 is 0.846 bits per heavy atom. The Bertz CT molecular complexity index is 1510. The van der Waals surface area contributed by atoms with Crippen LogP contribution in [0.2, 0.25) is 0 Å². The van der Waals surface area contributed by atoms with Crippen LogP contribution < -0.4 is 10.6 Å². The molecule has 5 rings (SSSR count). The predicted octanol–water partition coefficient (Wildman–Crippen LogP) is 6.64. The number of furan rings is 1. The highest BCUT2D eigenvalue weighted by Gasteiger charge is 2.39. The number of anilines is 2. The van der Waals surface area contributed by atoms with Crippen LogP contribution >= 0.6 is 11.8 Å². The van der Waals surface area contributed by atoms with E-state index in [0.717, 1.165) is 4.90 Å². The molecule has 0 unspecified atom stereocenters. The van der Waals surface area contributed by atoms with E-state index in [4.69, 9.17) is 4.42 Å². The molecule has 0 fully saturated rings. The van der Waals surface area contributed by atoms with Crippen molar-refractivity contribution in [1.82, 2.24) is 4.90 Å². The second kappa shape index (κ2) is 11.4. The van der Waals surface area contributed by atoms with Crippen LogP contribution in [0.15, 0.2) is 117 Å². The van der Waals surface area contributed by atoms with Gasteiger partial charge in [-0.15, -0.1) is 0 Å². The number of carbonyl (C=O) groups is 3. The van der Waals surface area contributed by atoms with Crippen molar-refractivity contribution in [3.63, 3.8) is 0 Å². The highest BCUT2D eigenvalue weighted by Crippen LogP contribution is 2.37. The normalized spacial score (nSPS) is 13.4. The second-order valence-electron chi connectivity index (χ2n) is 9.33. The maximum Gasteiger partial charge on any atom is 0.278 e. The van der Waals surface area contributed by atoms with E-state index in [0.29, 0.717) is 33.5 Å². The number of imide groups is 1. The molecule has 8 heteroatoms. The number of nitrogens with zero attached hydrogens (tertiary/aromatic N) is 1. The van der Waals surface area contributed by atoms with Crippen molar-refractivity contribution in [3.8, 4) is 0 Å². The van der Waals surface area contributed by atoms with Gasteiger partial charge in [0, 0.05) is 21.8 Å². The molecule has 3 amide bonds. The maximum atomic E-state index is 13.4. The molecule has 0 spiro atoms. The molecule has 2 heterocycles. The zero-order chi connectivity index (χ0) is 27.4. The Morgan fingerprint density at radius 2 is 1.54 bits per heavy atom. The van der Waals surface area contributed by atoms with Crippen LogP contribution in [0.1, 0.15) is 41.4 Å². The molecule has 196 valence electrons. The van der Waals surface area contributed by atoms with Crippen molar-refractivity contribution in [3.05, 3.63) is 125 Å². The third-order valence-corrected chi connectivity index (χ3v) is 7.33. The fourth-order valence-corrected chi connectivity index (χ4v) is 5.02. The lowest BCUT2D eigenvalue weighted by Crippen LogP contribution is -2.31. The first-order valence-electron chi connectivity index (χ1n) is 12.5. The predicted molar refractivity (Wildman–Crippen MR) is 152 cm³/mol. The van der Waals surface area contributed by atoms with Gasteiger partial charge in [-0.25, -0.2) is 0 Å². The average molecular weight is 538 g/mol. The molecule has 0 radical (unpaired) electrons. The molecular formula is C31H27N3O4S. The van der Waals surface area contributed by atoms with Crippen LogP contribution in [0.4, 0.5) is 11.4 Å². The summed E-state index contributed by atoms with van der Waals surface area (Å²) in [7, 11) is 0. The van der Waals surface area contributed by atoms with E-state index in [1.54, 1.807) is 48.5 Å². The first-order chi connectivity index (χ1) is 18.9. The first kappa shape index (κ1) is 26.1. The molecule has 0 saturated carbocycles. The van der Waals surface area contributed by atoms with Gasteiger partial charge in [-0.3, -0.25) is 19.3 Å². The number of nitrogens with one attached hydrogen (secondary N) is 2. The van der Waals surface area contributed by atoms with Crippen molar-refractivity contribution in [2.24, 2.45) is 0 Å². The monoisotopic (exact) mass is 537 g/mol. The number of carbonyl (C=O) groups excluding carboxylic acids is 3. The number of amides is 3. The van der Waals surface area contributed by atoms with Gasteiger partial charge in [0.25, 0.3) is 17.7 Å². The minimum atomic E-state index is -0.418. The summed E-state index contributed by atoms with van der Waals surface area (Å²) in [5, 5.41) is 6.05.